The summed E-state index contributed by atoms with van der Waals surface area (Å²) in [6.45, 7) is 10.6. The lowest BCUT2D eigenvalue weighted by Gasteiger charge is -2.49. The van der Waals surface area contributed by atoms with Crippen molar-refractivity contribution in [2.75, 3.05) is 19.8 Å². The lowest BCUT2D eigenvalue weighted by molar-refractivity contribution is -0.0426. The van der Waals surface area contributed by atoms with Crippen molar-refractivity contribution in [3.8, 4) is 0 Å². The van der Waals surface area contributed by atoms with Crippen molar-refractivity contribution in [3.63, 3.8) is 0 Å². The Morgan fingerprint density at radius 3 is 1.68 bits per heavy atom. The van der Waals surface area contributed by atoms with Crippen molar-refractivity contribution < 1.29 is 32.4 Å². The molecule has 0 spiro atoms. The second-order valence-electron chi connectivity index (χ2n) is 4.61. The summed E-state index contributed by atoms with van der Waals surface area (Å²) in [6, 6.07) is 1.09. The molecule has 1 saturated heterocycles. The number of hydrogen-bond acceptors (Lipinski definition) is 3. The molecule has 22 heavy (non-hydrogen) atoms. The maximum Gasteiger partial charge on any atom is 0.371 e. The Morgan fingerprint density at radius 2 is 1.32 bits per heavy atom. The maximum absolute atomic E-state index is 6.16. The van der Waals surface area contributed by atoms with Crippen LogP contribution in [0.15, 0.2) is 0 Å². The summed E-state index contributed by atoms with van der Waals surface area (Å²) in [5, 5.41) is -0.119. The van der Waals surface area contributed by atoms with Crippen LogP contribution in [0.25, 0.3) is 0 Å². The molecule has 0 aliphatic carbocycles. The van der Waals surface area contributed by atoms with Crippen molar-refractivity contribution in [1.82, 2.24) is 0 Å². The van der Waals surface area contributed by atoms with Gasteiger partial charge in [0.1, 0.15) is 5.22 Å². The summed E-state index contributed by atoms with van der Waals surface area (Å²) < 4.78 is 18.5. The van der Waals surface area contributed by atoms with E-state index in [9.17, 15) is 0 Å². The zero-order valence-corrected chi connectivity index (χ0v) is 14.5. The highest BCUT2D eigenvalue weighted by atomic mass is 28.4. The normalized spacial score (nSPS) is 21.8. The molecule has 0 aromatic heterocycles. The van der Waals surface area contributed by atoms with Gasteiger partial charge in [0.05, 0.1) is 0 Å². The van der Waals surface area contributed by atoms with Gasteiger partial charge < -0.3 is 13.6 Å². The minimum atomic E-state index is -2.21. The monoisotopic (exact) mass is 372 g/mol. The fourth-order valence-corrected chi connectivity index (χ4v) is 7.57. The van der Waals surface area contributed by atoms with Gasteiger partial charge in [-0.3, -0.25) is 18.8 Å². The predicted molar refractivity (Wildman–Crippen MR) is 93.7 cm³/mol. The van der Waals surface area contributed by atoms with Crippen LogP contribution in [0.2, 0.25) is 6.04 Å². The second kappa shape index (κ2) is 15.9. The third-order valence-corrected chi connectivity index (χ3v) is 8.44. The molecule has 0 aromatic rings. The van der Waals surface area contributed by atoms with Gasteiger partial charge in [-0.2, -0.15) is 0 Å². The van der Waals surface area contributed by atoms with Crippen LogP contribution in [0.3, 0.4) is 0 Å². The van der Waals surface area contributed by atoms with Crippen LogP contribution < -0.4 is 0 Å². The summed E-state index contributed by atoms with van der Waals surface area (Å²) in [4.78, 5) is 0. The molecule has 0 N–H and O–H groups in total. The van der Waals surface area contributed by atoms with Crippen molar-refractivity contribution in [3.05, 3.63) is 0 Å². The largest absolute Gasteiger partial charge is 0.393 e. The molecule has 9 heteroatoms. The summed E-state index contributed by atoms with van der Waals surface area (Å²) in [6.07, 6.45) is 4.57. The number of halogens is 4. The zero-order valence-electron chi connectivity index (χ0n) is 13.5. The summed E-state index contributed by atoms with van der Waals surface area (Å²) in [5.41, 5.74) is 0. The molecular formula is C13H36F4O3Si2. The zero-order chi connectivity index (χ0) is 12.8. The van der Waals surface area contributed by atoms with E-state index in [1.54, 1.807) is 0 Å². The maximum atomic E-state index is 6.16. The predicted octanol–water partition coefficient (Wildman–Crippen LogP) is 2.57. The molecule has 1 heterocycles. The molecule has 0 amide bonds. The minimum Gasteiger partial charge on any atom is -0.393 e. The standard InChI is InChI=1S/C13H28O3Si.4FH.H4Si/c1-5-13(14-6-2)11-9-10-12-17(13,15-7-3)16-8-4;;;;;/h5-12H2,1-4H3;4*1H;1H4. The van der Waals surface area contributed by atoms with Crippen LogP contribution in [0, 0.1) is 0 Å². The Labute approximate surface area is 137 Å². The highest BCUT2D eigenvalue weighted by molar-refractivity contribution is 6.70. The molecule has 1 unspecified atom stereocenters. The molecule has 1 atom stereocenters. The first-order valence-corrected chi connectivity index (χ1v) is 9.14. The highest BCUT2D eigenvalue weighted by Gasteiger charge is 2.58. The van der Waals surface area contributed by atoms with Crippen molar-refractivity contribution >= 4 is 19.5 Å². The molecule has 1 fully saturated rings. The lowest BCUT2D eigenvalue weighted by Crippen LogP contribution is -2.65. The molecule has 0 radical (unpaired) electrons. The SMILES string of the molecule is CCOC1(CC)CCCC[Si]1(OCC)OCC.F.F.F.F.[SiH4]. The van der Waals surface area contributed by atoms with Gasteiger partial charge in [-0.15, -0.1) is 0 Å². The topological polar surface area (TPSA) is 27.7 Å². The third kappa shape index (κ3) is 6.65. The number of ether oxygens (including phenoxy) is 1. The summed E-state index contributed by atoms with van der Waals surface area (Å²) >= 11 is 0. The Bertz CT molecular complexity index is 226. The van der Waals surface area contributed by atoms with Gasteiger partial charge in [-0.25, -0.2) is 0 Å². The molecule has 0 saturated carbocycles. The average Bonchev–Trinajstić information content (AvgIpc) is 2.33. The quantitative estimate of drug-likeness (QED) is 0.508. The second-order valence-corrected chi connectivity index (χ2v) is 8.10. The summed E-state index contributed by atoms with van der Waals surface area (Å²) in [5.74, 6) is 0. The molecule has 0 bridgehead atoms. The van der Waals surface area contributed by atoms with Crippen LogP contribution in [0.1, 0.15) is 53.4 Å². The van der Waals surface area contributed by atoms with Crippen molar-refractivity contribution in [1.29, 1.82) is 0 Å². The Hall–Kier alpha value is 0.0338. The third-order valence-electron chi connectivity index (χ3n) is 3.78. The van der Waals surface area contributed by atoms with Gasteiger partial charge in [-0.1, -0.05) is 19.8 Å². The van der Waals surface area contributed by atoms with E-state index in [4.69, 9.17) is 13.6 Å². The Morgan fingerprint density at radius 1 is 0.818 bits per heavy atom. The fourth-order valence-electron chi connectivity index (χ4n) is 3.11. The van der Waals surface area contributed by atoms with E-state index in [1.807, 2.05) is 0 Å². The van der Waals surface area contributed by atoms with Crippen molar-refractivity contribution in [2.45, 2.75) is 64.6 Å². The van der Waals surface area contributed by atoms with Crippen LogP contribution >= 0.6 is 0 Å². The van der Waals surface area contributed by atoms with E-state index < -0.39 is 8.56 Å². The van der Waals surface area contributed by atoms with E-state index in [-0.39, 0.29) is 35.0 Å². The Balaban J connectivity index is -0.000000193. The van der Waals surface area contributed by atoms with E-state index in [2.05, 4.69) is 27.7 Å². The molecule has 142 valence electrons. The molecule has 1 rings (SSSR count). The first-order chi connectivity index (χ1) is 8.20. The van der Waals surface area contributed by atoms with Gasteiger partial charge in [0.15, 0.2) is 0 Å². The van der Waals surface area contributed by atoms with Crippen LogP contribution in [0.5, 0.6) is 0 Å². The van der Waals surface area contributed by atoms with Gasteiger partial charge >= 0.3 is 8.56 Å². The number of hydrogen-bond donors (Lipinski definition) is 0. The highest BCUT2D eigenvalue weighted by Crippen LogP contribution is 2.42. The summed E-state index contributed by atoms with van der Waals surface area (Å²) in [7, 11) is -2.21. The van der Waals surface area contributed by atoms with E-state index in [0.717, 1.165) is 38.7 Å². The van der Waals surface area contributed by atoms with E-state index in [1.165, 1.54) is 12.8 Å². The Kier molecular flexibility index (Phi) is 24.3. The van der Waals surface area contributed by atoms with Gasteiger partial charge in [0.2, 0.25) is 0 Å². The van der Waals surface area contributed by atoms with Gasteiger partial charge in [0.25, 0.3) is 0 Å². The van der Waals surface area contributed by atoms with Gasteiger partial charge in [0, 0.05) is 19.8 Å². The first-order valence-electron chi connectivity index (χ1n) is 7.12. The molecule has 0 aromatic carbocycles. The van der Waals surface area contributed by atoms with Crippen LogP contribution in [0.4, 0.5) is 18.8 Å². The molecule has 3 nitrogen and oxygen atoms in total. The molecular weight excluding hydrogens is 336 g/mol. The molecule has 1 aliphatic rings. The molecule has 1 aliphatic heterocycles. The fraction of sp³-hybridized carbons (Fsp3) is 1.00. The van der Waals surface area contributed by atoms with E-state index >= 15 is 0 Å². The average molecular weight is 373 g/mol. The van der Waals surface area contributed by atoms with Crippen LogP contribution in [-0.2, 0) is 13.6 Å². The van der Waals surface area contributed by atoms with Crippen molar-refractivity contribution in [2.24, 2.45) is 0 Å². The number of rotatable bonds is 7. The lowest BCUT2D eigenvalue weighted by atomic mass is 10.1. The van der Waals surface area contributed by atoms with Gasteiger partial charge in [-0.05, 0) is 50.6 Å². The van der Waals surface area contributed by atoms with Crippen LogP contribution in [-0.4, -0.2) is 44.6 Å². The van der Waals surface area contributed by atoms with E-state index in [0.29, 0.717) is 0 Å². The smallest absolute Gasteiger partial charge is 0.371 e. The first kappa shape index (κ1) is 33.6. The minimum absolute atomic E-state index is 0.